The third kappa shape index (κ3) is 2.81. The van der Waals surface area contributed by atoms with Gasteiger partial charge in [-0.2, -0.15) is 4.98 Å². The third-order valence-electron chi connectivity index (χ3n) is 3.32. The first-order chi connectivity index (χ1) is 10.8. The lowest BCUT2D eigenvalue weighted by Crippen LogP contribution is -2.13. The Morgan fingerprint density at radius 3 is 2.48 bits per heavy atom. The normalized spacial score (nSPS) is 12.0. The van der Waals surface area contributed by atoms with Gasteiger partial charge in [-0.05, 0) is 47.9 Å². The first-order valence-electron chi connectivity index (χ1n) is 6.55. The molecule has 0 spiro atoms. The molecule has 1 aromatic carbocycles. The maximum atomic E-state index is 12.9. The molecule has 0 aliphatic carbocycles. The summed E-state index contributed by atoms with van der Waals surface area (Å²) in [5.74, 6) is 0.0525. The zero-order valence-electron chi connectivity index (χ0n) is 12.3. The van der Waals surface area contributed by atoms with Crippen LogP contribution in [0.1, 0.15) is 5.56 Å². The zero-order valence-corrected chi connectivity index (χ0v) is 16.1. The average molecular weight is 460 g/mol. The van der Waals surface area contributed by atoms with Gasteiger partial charge in [0, 0.05) is 9.77 Å². The molecule has 0 bridgehead atoms. The van der Waals surface area contributed by atoms with Crippen LogP contribution in [0.4, 0.5) is 5.95 Å². The van der Waals surface area contributed by atoms with Crippen molar-refractivity contribution in [1.82, 2.24) is 13.9 Å². The van der Waals surface area contributed by atoms with Gasteiger partial charge >= 0.3 is 0 Å². The molecule has 120 valence electrons. The van der Waals surface area contributed by atoms with E-state index in [1.54, 1.807) is 30.5 Å². The number of anilines is 1. The highest BCUT2D eigenvalue weighted by molar-refractivity contribution is 14.1. The summed E-state index contributed by atoms with van der Waals surface area (Å²) < 4.78 is 27.8. The highest BCUT2D eigenvalue weighted by Crippen LogP contribution is 2.32. The number of nitrogens with two attached hydrogens (primary N) is 1. The van der Waals surface area contributed by atoms with E-state index in [2.05, 4.69) is 32.6 Å². The molecule has 0 atom stereocenters. The summed E-state index contributed by atoms with van der Waals surface area (Å²) in [5.41, 5.74) is 7.02. The first-order valence-corrected chi connectivity index (χ1v) is 10.3. The molecule has 2 N–H and O–H groups in total. The average Bonchev–Trinajstić information content (AvgIpc) is 2.84. The second kappa shape index (κ2) is 5.95. The van der Waals surface area contributed by atoms with Crippen molar-refractivity contribution in [2.75, 3.05) is 12.0 Å². The van der Waals surface area contributed by atoms with Crippen LogP contribution in [0.25, 0.3) is 11.0 Å². The molecule has 3 rings (SSSR count). The van der Waals surface area contributed by atoms with Crippen molar-refractivity contribution in [2.24, 2.45) is 0 Å². The van der Waals surface area contributed by atoms with Crippen LogP contribution in [-0.2, 0) is 10.0 Å². The minimum absolute atomic E-state index is 0.0525. The van der Waals surface area contributed by atoms with E-state index in [0.717, 1.165) is 9.13 Å². The molecule has 0 saturated carbocycles. The summed E-state index contributed by atoms with van der Waals surface area (Å²) in [6.07, 6.45) is 3.41. The van der Waals surface area contributed by atoms with Crippen molar-refractivity contribution in [3.8, 4) is 0 Å². The standard InChI is InChI=1S/C14H13IN4O2S2/c1-8-3-5-9(6-4-8)23(20,21)19-7-10(15)11-12(19)17-14(16)18-13(11)22-2/h3-7H,1-2H3,(H2,16,17,18). The minimum Gasteiger partial charge on any atom is -0.368 e. The lowest BCUT2D eigenvalue weighted by molar-refractivity contribution is 0.588. The third-order valence-corrected chi connectivity index (χ3v) is 6.49. The van der Waals surface area contributed by atoms with Gasteiger partial charge in [-0.1, -0.05) is 17.7 Å². The largest absolute Gasteiger partial charge is 0.368 e. The smallest absolute Gasteiger partial charge is 0.269 e. The number of thioether (sulfide) groups is 1. The van der Waals surface area contributed by atoms with E-state index >= 15 is 0 Å². The Bertz CT molecular complexity index is 998. The van der Waals surface area contributed by atoms with Crippen LogP contribution in [0.15, 0.2) is 40.4 Å². The van der Waals surface area contributed by atoms with Crippen LogP contribution < -0.4 is 5.73 Å². The van der Waals surface area contributed by atoms with Crippen LogP contribution in [-0.4, -0.2) is 28.6 Å². The van der Waals surface area contributed by atoms with Crippen LogP contribution in [0, 0.1) is 10.5 Å². The lowest BCUT2D eigenvalue weighted by Gasteiger charge is -2.08. The molecule has 0 radical (unpaired) electrons. The van der Waals surface area contributed by atoms with E-state index in [-0.39, 0.29) is 10.8 Å². The molecule has 0 saturated heterocycles. The number of halogens is 1. The van der Waals surface area contributed by atoms with Gasteiger partial charge in [-0.25, -0.2) is 17.4 Å². The topological polar surface area (TPSA) is 90.9 Å². The van der Waals surface area contributed by atoms with Crippen LogP contribution in [0.2, 0.25) is 0 Å². The van der Waals surface area contributed by atoms with Crippen molar-refractivity contribution in [1.29, 1.82) is 0 Å². The number of aryl methyl sites for hydroxylation is 1. The number of nitrogen functional groups attached to an aromatic ring is 1. The molecule has 0 aliphatic heterocycles. The summed E-state index contributed by atoms with van der Waals surface area (Å²) in [6, 6.07) is 6.70. The molecular weight excluding hydrogens is 447 g/mol. The van der Waals surface area contributed by atoms with Crippen LogP contribution >= 0.6 is 34.4 Å². The Balaban J connectivity index is 2.32. The quantitative estimate of drug-likeness (QED) is 0.367. The number of hydrogen-bond acceptors (Lipinski definition) is 6. The van der Waals surface area contributed by atoms with Gasteiger partial charge < -0.3 is 5.73 Å². The molecule has 0 aliphatic rings. The van der Waals surface area contributed by atoms with Crippen molar-refractivity contribution in [3.63, 3.8) is 0 Å². The number of hydrogen-bond donors (Lipinski definition) is 1. The van der Waals surface area contributed by atoms with E-state index < -0.39 is 10.0 Å². The highest BCUT2D eigenvalue weighted by atomic mass is 127. The number of benzene rings is 1. The van der Waals surface area contributed by atoms with Gasteiger partial charge in [-0.15, -0.1) is 11.8 Å². The fraction of sp³-hybridized carbons (Fsp3) is 0.143. The second-order valence-corrected chi connectivity index (χ2v) is 8.65. The molecule has 23 heavy (non-hydrogen) atoms. The van der Waals surface area contributed by atoms with Crippen molar-refractivity contribution < 1.29 is 8.42 Å². The van der Waals surface area contributed by atoms with Gasteiger partial charge in [-0.3, -0.25) is 0 Å². The molecular formula is C14H13IN4O2S2. The van der Waals surface area contributed by atoms with E-state index in [9.17, 15) is 8.42 Å². The Morgan fingerprint density at radius 1 is 1.22 bits per heavy atom. The molecule has 3 aromatic rings. The molecule has 2 aromatic heterocycles. The maximum absolute atomic E-state index is 12.9. The Hall–Kier alpha value is -1.33. The van der Waals surface area contributed by atoms with Crippen LogP contribution in [0.3, 0.4) is 0 Å². The summed E-state index contributed by atoms with van der Waals surface area (Å²) in [6.45, 7) is 1.91. The zero-order chi connectivity index (χ0) is 16.8. The molecule has 2 heterocycles. The van der Waals surface area contributed by atoms with Gasteiger partial charge in [0.25, 0.3) is 10.0 Å². The SMILES string of the molecule is CSc1nc(N)nc2c1c(I)cn2S(=O)(=O)c1ccc(C)cc1. The molecule has 9 heteroatoms. The lowest BCUT2D eigenvalue weighted by atomic mass is 10.2. The van der Waals surface area contributed by atoms with Crippen LogP contribution in [0.5, 0.6) is 0 Å². The second-order valence-electron chi connectivity index (χ2n) is 4.88. The molecule has 0 unspecified atom stereocenters. The molecule has 6 nitrogen and oxygen atoms in total. The number of nitrogens with zero attached hydrogens (tertiary/aromatic N) is 3. The summed E-state index contributed by atoms with van der Waals surface area (Å²) >= 11 is 3.49. The predicted octanol–water partition coefficient (Wildman–Crippen LogP) is 2.89. The van der Waals surface area contributed by atoms with Crippen molar-refractivity contribution >= 4 is 61.4 Å². The van der Waals surface area contributed by atoms with Crippen molar-refractivity contribution in [3.05, 3.63) is 39.6 Å². The first kappa shape index (κ1) is 16.5. The van der Waals surface area contributed by atoms with Gasteiger partial charge in [0.2, 0.25) is 5.95 Å². The number of rotatable bonds is 3. The van der Waals surface area contributed by atoms with E-state index in [1.165, 1.54) is 15.7 Å². The van der Waals surface area contributed by atoms with Gasteiger partial charge in [0.05, 0.1) is 10.3 Å². The van der Waals surface area contributed by atoms with Gasteiger partial charge in [0.1, 0.15) is 5.03 Å². The van der Waals surface area contributed by atoms with E-state index in [4.69, 9.17) is 5.73 Å². The fourth-order valence-corrected chi connectivity index (χ4v) is 5.25. The van der Waals surface area contributed by atoms with E-state index in [1.807, 2.05) is 13.2 Å². The monoisotopic (exact) mass is 460 g/mol. The highest BCUT2D eigenvalue weighted by Gasteiger charge is 2.24. The number of fused-ring (bicyclic) bond motifs is 1. The van der Waals surface area contributed by atoms with Crippen molar-refractivity contribution in [2.45, 2.75) is 16.8 Å². The Kier molecular flexibility index (Phi) is 4.27. The maximum Gasteiger partial charge on any atom is 0.269 e. The molecule has 0 amide bonds. The van der Waals surface area contributed by atoms with Gasteiger partial charge in [0.15, 0.2) is 5.65 Å². The Labute approximate surface area is 151 Å². The fourth-order valence-electron chi connectivity index (χ4n) is 2.20. The number of aromatic nitrogens is 3. The summed E-state index contributed by atoms with van der Waals surface area (Å²) in [7, 11) is -3.75. The summed E-state index contributed by atoms with van der Waals surface area (Å²) in [5, 5.41) is 1.36. The molecule has 0 fully saturated rings. The predicted molar refractivity (Wildman–Crippen MR) is 100 cm³/mol. The Morgan fingerprint density at radius 2 is 1.87 bits per heavy atom. The summed E-state index contributed by atoms with van der Waals surface area (Å²) in [4.78, 5) is 8.53. The van der Waals surface area contributed by atoms with E-state index in [0.29, 0.717) is 16.1 Å². The minimum atomic E-state index is -3.75.